The summed E-state index contributed by atoms with van der Waals surface area (Å²) in [5.74, 6) is 0.628. The smallest absolute Gasteiger partial charge is 0.243 e. The minimum absolute atomic E-state index is 0.251. The van der Waals surface area contributed by atoms with Gasteiger partial charge < -0.3 is 9.47 Å². The van der Waals surface area contributed by atoms with E-state index in [1.165, 1.54) is 0 Å². The lowest BCUT2D eigenvalue weighted by Gasteiger charge is -2.31. The highest BCUT2D eigenvalue weighted by Gasteiger charge is 2.28. The molecule has 0 amide bonds. The summed E-state index contributed by atoms with van der Waals surface area (Å²) in [6.45, 7) is 2.84. The Labute approximate surface area is 219 Å². The lowest BCUT2D eigenvalue weighted by atomic mass is 10.2. The highest BCUT2D eigenvalue weighted by molar-refractivity contribution is 7.89. The van der Waals surface area contributed by atoms with Crippen LogP contribution in [0.1, 0.15) is 5.56 Å². The second kappa shape index (κ2) is 9.73. The first-order chi connectivity index (χ1) is 16.7. The van der Waals surface area contributed by atoms with Crippen molar-refractivity contribution in [1.82, 2.24) is 18.8 Å². The topological polar surface area (TPSA) is 58.4 Å². The Morgan fingerprint density at radius 1 is 0.886 bits per heavy atom. The maximum Gasteiger partial charge on any atom is 0.243 e. The molecule has 35 heavy (non-hydrogen) atoms. The van der Waals surface area contributed by atoms with Gasteiger partial charge in [0.2, 0.25) is 10.0 Å². The third-order valence-electron chi connectivity index (χ3n) is 6.24. The Kier molecular flexibility index (Phi) is 6.83. The van der Waals surface area contributed by atoms with Crippen LogP contribution in [-0.4, -0.2) is 60.4 Å². The first kappa shape index (κ1) is 24.6. The minimum atomic E-state index is -3.62. The summed E-state index contributed by atoms with van der Waals surface area (Å²) in [6.07, 6.45) is 0. The Bertz CT molecular complexity index is 1500. The molecular formula is C25H23Cl3N4O2S. The van der Waals surface area contributed by atoms with Crippen molar-refractivity contribution in [2.24, 2.45) is 0 Å². The number of hydrogen-bond donors (Lipinski definition) is 0. The number of piperazine rings is 1. The normalized spacial score (nSPS) is 15.7. The van der Waals surface area contributed by atoms with Gasteiger partial charge in [-0.25, -0.2) is 13.4 Å². The molecule has 1 aromatic heterocycles. The molecule has 0 atom stereocenters. The standard InChI is InChI=1S/C25H23Cl3N4O2S/c1-30-9-11-31(12-10-30)35(33,34)20-4-2-3-18(13-20)25-29-23-14-21(27)22(28)15-24(23)32(25)16-17-5-7-19(26)8-6-17/h2-8,13-15H,9-12,16H2,1H3. The molecule has 1 aliphatic rings. The molecule has 1 fully saturated rings. The molecule has 0 bridgehead atoms. The number of imidazole rings is 1. The Morgan fingerprint density at radius 3 is 2.29 bits per heavy atom. The van der Waals surface area contributed by atoms with Crippen LogP contribution in [0.15, 0.2) is 65.6 Å². The molecule has 1 saturated heterocycles. The summed E-state index contributed by atoms with van der Waals surface area (Å²) in [5.41, 5.74) is 3.19. The average molecular weight is 550 g/mol. The summed E-state index contributed by atoms with van der Waals surface area (Å²) in [5, 5.41) is 1.49. The van der Waals surface area contributed by atoms with Gasteiger partial charge in [0, 0.05) is 43.3 Å². The van der Waals surface area contributed by atoms with Gasteiger partial charge in [-0.05, 0) is 49.0 Å². The summed E-state index contributed by atoms with van der Waals surface area (Å²) in [4.78, 5) is 7.20. The van der Waals surface area contributed by atoms with Crippen molar-refractivity contribution in [3.8, 4) is 11.4 Å². The number of likely N-dealkylation sites (N-methyl/N-ethyl adjacent to an activating group) is 1. The maximum atomic E-state index is 13.4. The summed E-state index contributed by atoms with van der Waals surface area (Å²) >= 11 is 18.7. The van der Waals surface area contributed by atoms with Crippen LogP contribution in [0.25, 0.3) is 22.4 Å². The number of aromatic nitrogens is 2. The summed E-state index contributed by atoms with van der Waals surface area (Å²) < 4.78 is 30.3. The van der Waals surface area contributed by atoms with Crippen LogP contribution in [0, 0.1) is 0 Å². The lowest BCUT2D eigenvalue weighted by molar-refractivity contribution is 0.222. The predicted molar refractivity (Wildman–Crippen MR) is 142 cm³/mol. The van der Waals surface area contributed by atoms with Gasteiger partial charge in [0.15, 0.2) is 0 Å². The monoisotopic (exact) mass is 548 g/mol. The zero-order valence-electron chi connectivity index (χ0n) is 19.0. The second-order valence-electron chi connectivity index (χ2n) is 8.64. The Hall–Kier alpha value is -2.13. The summed E-state index contributed by atoms with van der Waals surface area (Å²) in [6, 6.07) is 18.0. The van der Waals surface area contributed by atoms with Crippen molar-refractivity contribution in [3.63, 3.8) is 0 Å². The number of sulfonamides is 1. The van der Waals surface area contributed by atoms with E-state index in [-0.39, 0.29) is 4.90 Å². The van der Waals surface area contributed by atoms with Crippen LogP contribution in [0.2, 0.25) is 15.1 Å². The first-order valence-electron chi connectivity index (χ1n) is 11.1. The Balaban J connectivity index is 1.61. The van der Waals surface area contributed by atoms with E-state index < -0.39 is 10.0 Å². The highest BCUT2D eigenvalue weighted by Crippen LogP contribution is 2.33. The second-order valence-corrected chi connectivity index (χ2v) is 11.8. The van der Waals surface area contributed by atoms with Crippen LogP contribution < -0.4 is 0 Å². The van der Waals surface area contributed by atoms with E-state index in [1.807, 2.05) is 41.9 Å². The van der Waals surface area contributed by atoms with Crippen LogP contribution >= 0.6 is 34.8 Å². The van der Waals surface area contributed by atoms with E-state index in [0.29, 0.717) is 64.7 Å². The molecule has 10 heteroatoms. The zero-order valence-corrected chi connectivity index (χ0v) is 22.0. The van der Waals surface area contributed by atoms with Gasteiger partial charge in [-0.15, -0.1) is 0 Å². The molecule has 3 aromatic carbocycles. The van der Waals surface area contributed by atoms with Crippen molar-refractivity contribution in [2.45, 2.75) is 11.4 Å². The van der Waals surface area contributed by atoms with Crippen LogP contribution in [0.5, 0.6) is 0 Å². The quantitative estimate of drug-likeness (QED) is 0.323. The van der Waals surface area contributed by atoms with Crippen molar-refractivity contribution >= 4 is 55.9 Å². The van der Waals surface area contributed by atoms with E-state index >= 15 is 0 Å². The molecule has 6 nitrogen and oxygen atoms in total. The third kappa shape index (κ3) is 4.94. The van der Waals surface area contributed by atoms with E-state index in [4.69, 9.17) is 39.8 Å². The van der Waals surface area contributed by atoms with Gasteiger partial charge in [-0.2, -0.15) is 4.31 Å². The fourth-order valence-electron chi connectivity index (χ4n) is 4.25. The maximum absolute atomic E-state index is 13.4. The highest BCUT2D eigenvalue weighted by atomic mass is 35.5. The van der Waals surface area contributed by atoms with Crippen LogP contribution in [0.3, 0.4) is 0 Å². The fourth-order valence-corrected chi connectivity index (χ4v) is 6.16. The van der Waals surface area contributed by atoms with Crippen molar-refractivity contribution < 1.29 is 8.42 Å². The molecule has 2 heterocycles. The average Bonchev–Trinajstić information content (AvgIpc) is 3.18. The van der Waals surface area contributed by atoms with Gasteiger partial charge in [0.05, 0.1) is 26.0 Å². The number of fused-ring (bicyclic) bond motifs is 1. The van der Waals surface area contributed by atoms with Crippen LogP contribution in [0.4, 0.5) is 0 Å². The Morgan fingerprint density at radius 2 is 1.57 bits per heavy atom. The number of halogens is 3. The van der Waals surface area contributed by atoms with E-state index in [0.717, 1.165) is 11.1 Å². The van der Waals surface area contributed by atoms with Crippen molar-refractivity contribution in [1.29, 1.82) is 0 Å². The van der Waals surface area contributed by atoms with Crippen molar-refractivity contribution in [2.75, 3.05) is 33.2 Å². The number of hydrogen-bond acceptors (Lipinski definition) is 4. The van der Waals surface area contributed by atoms with E-state index in [1.54, 1.807) is 34.6 Å². The molecule has 0 saturated carbocycles. The molecule has 5 rings (SSSR count). The lowest BCUT2D eigenvalue weighted by Crippen LogP contribution is -2.47. The first-order valence-corrected chi connectivity index (χ1v) is 13.7. The predicted octanol–water partition coefficient (Wildman–Crippen LogP) is 5.65. The molecule has 182 valence electrons. The third-order valence-corrected chi connectivity index (χ3v) is 9.11. The largest absolute Gasteiger partial charge is 0.319 e. The van der Waals surface area contributed by atoms with Gasteiger partial charge in [0.25, 0.3) is 0 Å². The van der Waals surface area contributed by atoms with Crippen LogP contribution in [-0.2, 0) is 16.6 Å². The minimum Gasteiger partial charge on any atom is -0.319 e. The number of nitrogens with zero attached hydrogens (tertiary/aromatic N) is 4. The fraction of sp³-hybridized carbons (Fsp3) is 0.240. The number of rotatable bonds is 5. The van der Waals surface area contributed by atoms with E-state index in [2.05, 4.69) is 4.90 Å². The number of benzene rings is 3. The molecule has 0 aliphatic carbocycles. The molecule has 1 aliphatic heterocycles. The van der Waals surface area contributed by atoms with Gasteiger partial charge in [-0.1, -0.05) is 59.1 Å². The van der Waals surface area contributed by atoms with E-state index in [9.17, 15) is 8.42 Å². The molecule has 0 radical (unpaired) electrons. The molecule has 0 spiro atoms. The van der Waals surface area contributed by atoms with Crippen molar-refractivity contribution in [3.05, 3.63) is 81.3 Å². The SMILES string of the molecule is CN1CCN(S(=O)(=O)c2cccc(-c3nc4cc(Cl)c(Cl)cc4n3Cc3ccc(Cl)cc3)c2)CC1. The van der Waals surface area contributed by atoms with Gasteiger partial charge in [-0.3, -0.25) is 0 Å². The molecule has 0 N–H and O–H groups in total. The summed E-state index contributed by atoms with van der Waals surface area (Å²) in [7, 11) is -1.63. The zero-order chi connectivity index (χ0) is 24.7. The molecular weight excluding hydrogens is 527 g/mol. The van der Waals surface area contributed by atoms with Gasteiger partial charge >= 0.3 is 0 Å². The molecule has 4 aromatic rings. The van der Waals surface area contributed by atoms with Gasteiger partial charge in [0.1, 0.15) is 5.82 Å². The molecule has 0 unspecified atom stereocenters.